The molecule has 4 heteroatoms. The van der Waals surface area contributed by atoms with Crippen molar-refractivity contribution in [2.45, 2.75) is 45.1 Å². The van der Waals surface area contributed by atoms with Gasteiger partial charge in [-0.05, 0) is 32.8 Å². The summed E-state index contributed by atoms with van der Waals surface area (Å²) in [6.07, 6.45) is 4.15. The summed E-state index contributed by atoms with van der Waals surface area (Å²) in [7, 11) is 0. The Morgan fingerprint density at radius 1 is 1.50 bits per heavy atom. The van der Waals surface area contributed by atoms with Crippen LogP contribution in [0, 0.1) is 0 Å². The minimum absolute atomic E-state index is 0.0448. The SMILES string of the molecule is CC(=O)NC(C)(C)c1ccnc(C2CC2)n1. The first-order chi connectivity index (χ1) is 7.49. The minimum atomic E-state index is -0.432. The number of rotatable bonds is 3. The molecule has 0 saturated heterocycles. The fourth-order valence-electron chi connectivity index (χ4n) is 1.76. The zero-order chi connectivity index (χ0) is 11.8. The molecule has 0 spiro atoms. The molecule has 0 aromatic carbocycles. The molecule has 0 bridgehead atoms. The maximum atomic E-state index is 11.1. The van der Waals surface area contributed by atoms with Crippen molar-refractivity contribution >= 4 is 5.91 Å². The first kappa shape index (κ1) is 11.0. The molecular formula is C12H17N3O. The van der Waals surface area contributed by atoms with E-state index in [0.717, 1.165) is 11.5 Å². The number of amides is 1. The zero-order valence-electron chi connectivity index (χ0n) is 9.95. The second kappa shape index (κ2) is 3.85. The van der Waals surface area contributed by atoms with Gasteiger partial charge in [0, 0.05) is 19.0 Å². The van der Waals surface area contributed by atoms with E-state index in [0.29, 0.717) is 5.92 Å². The van der Waals surface area contributed by atoms with E-state index in [4.69, 9.17) is 0 Å². The van der Waals surface area contributed by atoms with E-state index in [2.05, 4.69) is 15.3 Å². The van der Waals surface area contributed by atoms with Crippen molar-refractivity contribution in [1.29, 1.82) is 0 Å². The fraction of sp³-hybridized carbons (Fsp3) is 0.583. The van der Waals surface area contributed by atoms with E-state index in [1.54, 1.807) is 6.20 Å². The quantitative estimate of drug-likeness (QED) is 0.842. The molecule has 86 valence electrons. The smallest absolute Gasteiger partial charge is 0.217 e. The van der Waals surface area contributed by atoms with Gasteiger partial charge in [-0.3, -0.25) is 4.79 Å². The maximum Gasteiger partial charge on any atom is 0.217 e. The molecule has 0 atom stereocenters. The molecular weight excluding hydrogens is 202 g/mol. The van der Waals surface area contributed by atoms with E-state index in [9.17, 15) is 4.79 Å². The van der Waals surface area contributed by atoms with Gasteiger partial charge in [0.1, 0.15) is 5.82 Å². The Hall–Kier alpha value is -1.45. The molecule has 16 heavy (non-hydrogen) atoms. The highest BCUT2D eigenvalue weighted by Crippen LogP contribution is 2.38. The predicted octanol–water partition coefficient (Wildman–Crippen LogP) is 1.73. The minimum Gasteiger partial charge on any atom is -0.346 e. The van der Waals surface area contributed by atoms with Crippen molar-refractivity contribution in [3.05, 3.63) is 23.8 Å². The summed E-state index contributed by atoms with van der Waals surface area (Å²) in [4.78, 5) is 19.9. The number of hydrogen-bond acceptors (Lipinski definition) is 3. The van der Waals surface area contributed by atoms with Gasteiger partial charge < -0.3 is 5.32 Å². The van der Waals surface area contributed by atoms with E-state index in [1.807, 2.05) is 19.9 Å². The van der Waals surface area contributed by atoms with Crippen LogP contribution < -0.4 is 5.32 Å². The second-order valence-corrected chi connectivity index (χ2v) is 4.88. The molecule has 0 unspecified atom stereocenters. The van der Waals surface area contributed by atoms with Gasteiger partial charge in [0.2, 0.25) is 5.91 Å². The summed E-state index contributed by atoms with van der Waals surface area (Å²) >= 11 is 0. The van der Waals surface area contributed by atoms with E-state index in [-0.39, 0.29) is 5.91 Å². The Labute approximate surface area is 95.5 Å². The Morgan fingerprint density at radius 3 is 2.75 bits per heavy atom. The largest absolute Gasteiger partial charge is 0.346 e. The molecule has 4 nitrogen and oxygen atoms in total. The van der Waals surface area contributed by atoms with E-state index < -0.39 is 5.54 Å². The number of hydrogen-bond donors (Lipinski definition) is 1. The van der Waals surface area contributed by atoms with Crippen molar-refractivity contribution < 1.29 is 4.79 Å². The molecule has 1 aliphatic carbocycles. The Morgan fingerprint density at radius 2 is 2.19 bits per heavy atom. The molecule has 0 radical (unpaired) electrons. The lowest BCUT2D eigenvalue weighted by molar-refractivity contribution is -0.120. The Kier molecular flexibility index (Phi) is 2.66. The number of nitrogens with zero attached hydrogens (tertiary/aromatic N) is 2. The van der Waals surface area contributed by atoms with Crippen LogP contribution in [-0.2, 0) is 10.3 Å². The molecule has 1 aromatic rings. The highest BCUT2D eigenvalue weighted by Gasteiger charge is 2.29. The van der Waals surface area contributed by atoms with Crippen LogP contribution in [0.2, 0.25) is 0 Å². The number of carbonyl (C=O) groups excluding carboxylic acids is 1. The highest BCUT2D eigenvalue weighted by atomic mass is 16.1. The standard InChI is InChI=1S/C12H17N3O/c1-8(16)15-12(2,3)10-6-7-13-11(14-10)9-4-5-9/h6-7,9H,4-5H2,1-3H3,(H,15,16). The molecule has 1 fully saturated rings. The monoisotopic (exact) mass is 219 g/mol. The number of carbonyl (C=O) groups is 1. The van der Waals surface area contributed by atoms with Crippen LogP contribution in [0.25, 0.3) is 0 Å². The predicted molar refractivity (Wildman–Crippen MR) is 60.8 cm³/mol. The van der Waals surface area contributed by atoms with Gasteiger partial charge in [0.05, 0.1) is 11.2 Å². The molecule has 1 heterocycles. The highest BCUT2D eigenvalue weighted by molar-refractivity contribution is 5.73. The summed E-state index contributed by atoms with van der Waals surface area (Å²) in [5, 5.41) is 2.89. The van der Waals surface area contributed by atoms with Crippen LogP contribution in [0.1, 0.15) is 51.0 Å². The summed E-state index contributed by atoms with van der Waals surface area (Å²) < 4.78 is 0. The molecule has 1 amide bonds. The van der Waals surface area contributed by atoms with Gasteiger partial charge in [-0.15, -0.1) is 0 Å². The van der Waals surface area contributed by atoms with Crippen LogP contribution in [0.3, 0.4) is 0 Å². The summed E-state index contributed by atoms with van der Waals surface area (Å²) in [5.74, 6) is 1.40. The summed E-state index contributed by atoms with van der Waals surface area (Å²) in [6.45, 7) is 5.42. The average Bonchev–Trinajstić information content (AvgIpc) is 2.99. The van der Waals surface area contributed by atoms with Gasteiger partial charge in [-0.1, -0.05) is 0 Å². The third-order valence-corrected chi connectivity index (χ3v) is 2.75. The second-order valence-electron chi connectivity index (χ2n) is 4.88. The lowest BCUT2D eigenvalue weighted by Gasteiger charge is -2.25. The first-order valence-electron chi connectivity index (χ1n) is 5.61. The number of nitrogens with one attached hydrogen (secondary N) is 1. The fourth-order valence-corrected chi connectivity index (χ4v) is 1.76. The normalized spacial score (nSPS) is 15.9. The molecule has 0 aliphatic heterocycles. The van der Waals surface area contributed by atoms with Gasteiger partial charge in [0.15, 0.2) is 0 Å². The maximum absolute atomic E-state index is 11.1. The van der Waals surface area contributed by atoms with Crippen molar-refractivity contribution in [1.82, 2.24) is 15.3 Å². The van der Waals surface area contributed by atoms with Gasteiger partial charge in [0.25, 0.3) is 0 Å². The zero-order valence-corrected chi connectivity index (χ0v) is 9.95. The van der Waals surface area contributed by atoms with Crippen molar-refractivity contribution in [2.75, 3.05) is 0 Å². The summed E-state index contributed by atoms with van der Waals surface area (Å²) in [6, 6.07) is 1.86. The van der Waals surface area contributed by atoms with Gasteiger partial charge in [-0.25, -0.2) is 9.97 Å². The van der Waals surface area contributed by atoms with E-state index >= 15 is 0 Å². The summed E-state index contributed by atoms with van der Waals surface area (Å²) in [5.41, 5.74) is 0.443. The van der Waals surface area contributed by atoms with Gasteiger partial charge >= 0.3 is 0 Å². The molecule has 1 N–H and O–H groups in total. The first-order valence-corrected chi connectivity index (χ1v) is 5.61. The lowest BCUT2D eigenvalue weighted by atomic mass is 10.0. The van der Waals surface area contributed by atoms with Crippen LogP contribution in [0.5, 0.6) is 0 Å². The Bertz CT molecular complexity index is 410. The van der Waals surface area contributed by atoms with Crippen molar-refractivity contribution in [3.8, 4) is 0 Å². The third kappa shape index (κ3) is 2.38. The molecule has 1 saturated carbocycles. The average molecular weight is 219 g/mol. The van der Waals surface area contributed by atoms with Gasteiger partial charge in [-0.2, -0.15) is 0 Å². The molecule has 2 rings (SSSR count). The van der Waals surface area contributed by atoms with Crippen LogP contribution in [0.4, 0.5) is 0 Å². The van der Waals surface area contributed by atoms with Crippen LogP contribution in [0.15, 0.2) is 12.3 Å². The lowest BCUT2D eigenvalue weighted by Crippen LogP contribution is -2.40. The van der Waals surface area contributed by atoms with E-state index in [1.165, 1.54) is 19.8 Å². The molecule has 1 aromatic heterocycles. The molecule has 1 aliphatic rings. The number of aromatic nitrogens is 2. The van der Waals surface area contributed by atoms with Crippen LogP contribution >= 0.6 is 0 Å². The topological polar surface area (TPSA) is 54.9 Å². The van der Waals surface area contributed by atoms with Crippen molar-refractivity contribution in [2.24, 2.45) is 0 Å². The third-order valence-electron chi connectivity index (χ3n) is 2.75. The Balaban J connectivity index is 2.24. The van der Waals surface area contributed by atoms with Crippen molar-refractivity contribution in [3.63, 3.8) is 0 Å². The van der Waals surface area contributed by atoms with Crippen LogP contribution in [-0.4, -0.2) is 15.9 Å².